The van der Waals surface area contributed by atoms with Crippen molar-refractivity contribution in [3.63, 3.8) is 0 Å². The van der Waals surface area contributed by atoms with Gasteiger partial charge in [0.05, 0.1) is 12.7 Å². The van der Waals surface area contributed by atoms with E-state index in [4.69, 9.17) is 5.73 Å². The lowest BCUT2D eigenvalue weighted by atomic mass is 10.0. The van der Waals surface area contributed by atoms with Crippen molar-refractivity contribution in [2.24, 2.45) is 11.7 Å². The van der Waals surface area contributed by atoms with Crippen LogP contribution in [0.2, 0.25) is 0 Å². The van der Waals surface area contributed by atoms with Gasteiger partial charge in [-0.05, 0) is 50.1 Å². The summed E-state index contributed by atoms with van der Waals surface area (Å²) in [7, 11) is 1.34. The molecule has 0 fully saturated rings. The number of carbonyl (C=O) groups excluding carboxylic acids is 2. The first-order chi connectivity index (χ1) is 9.49. The molecule has 20 heavy (non-hydrogen) atoms. The van der Waals surface area contributed by atoms with E-state index < -0.39 is 0 Å². The fraction of sp³-hybridized carbons (Fsp3) is 0.467. The number of hydrogen-bond acceptors (Lipinski definition) is 4. The van der Waals surface area contributed by atoms with Crippen molar-refractivity contribution < 1.29 is 14.3 Å². The Bertz CT molecular complexity index is 486. The van der Waals surface area contributed by atoms with E-state index in [1.165, 1.54) is 7.11 Å². The summed E-state index contributed by atoms with van der Waals surface area (Å²) in [5.74, 6) is -0.507. The first-order valence-corrected chi connectivity index (χ1v) is 6.69. The van der Waals surface area contributed by atoms with Crippen LogP contribution in [0.1, 0.15) is 35.7 Å². The molecule has 0 heterocycles. The highest BCUT2D eigenvalue weighted by Gasteiger charge is 2.14. The second kappa shape index (κ2) is 7.65. The van der Waals surface area contributed by atoms with Crippen LogP contribution < -0.4 is 11.1 Å². The van der Waals surface area contributed by atoms with Gasteiger partial charge in [-0.3, -0.25) is 4.79 Å². The van der Waals surface area contributed by atoms with Gasteiger partial charge in [-0.2, -0.15) is 0 Å². The highest BCUT2D eigenvalue weighted by Crippen LogP contribution is 2.18. The molecule has 0 aliphatic heterocycles. The van der Waals surface area contributed by atoms with E-state index in [1.807, 2.05) is 13.8 Å². The number of nitrogens with one attached hydrogen (secondary N) is 1. The van der Waals surface area contributed by atoms with Gasteiger partial charge >= 0.3 is 5.97 Å². The third-order valence-corrected chi connectivity index (χ3v) is 3.19. The average Bonchev–Trinajstić information content (AvgIpc) is 2.45. The summed E-state index contributed by atoms with van der Waals surface area (Å²) < 4.78 is 4.66. The quantitative estimate of drug-likeness (QED) is 0.781. The van der Waals surface area contributed by atoms with E-state index in [2.05, 4.69) is 10.1 Å². The lowest BCUT2D eigenvalue weighted by molar-refractivity contribution is -0.119. The molecule has 1 rings (SSSR count). The molecule has 0 aliphatic carbocycles. The number of carbonyl (C=O) groups is 2. The summed E-state index contributed by atoms with van der Waals surface area (Å²) in [5.41, 5.74) is 7.44. The molecule has 0 saturated heterocycles. The molecule has 1 aromatic rings. The fourth-order valence-corrected chi connectivity index (χ4v) is 1.86. The second-order valence-electron chi connectivity index (χ2n) is 4.84. The van der Waals surface area contributed by atoms with Crippen molar-refractivity contribution in [2.75, 3.05) is 19.0 Å². The minimum Gasteiger partial charge on any atom is -0.465 e. The van der Waals surface area contributed by atoms with Gasteiger partial charge in [0.1, 0.15) is 0 Å². The number of aryl methyl sites for hydroxylation is 1. The van der Waals surface area contributed by atoms with Crippen molar-refractivity contribution in [1.82, 2.24) is 0 Å². The van der Waals surface area contributed by atoms with Crippen LogP contribution >= 0.6 is 0 Å². The maximum Gasteiger partial charge on any atom is 0.337 e. The minimum atomic E-state index is -0.387. The van der Waals surface area contributed by atoms with Gasteiger partial charge in [0.15, 0.2) is 0 Å². The number of rotatable bonds is 6. The Morgan fingerprint density at radius 3 is 2.65 bits per heavy atom. The van der Waals surface area contributed by atoms with Gasteiger partial charge in [-0.25, -0.2) is 4.79 Å². The molecule has 5 nitrogen and oxygen atoms in total. The SMILES string of the molecule is COC(=O)c1ccc(NC(=O)C(C)CCCN)c(C)c1. The molecule has 3 N–H and O–H groups in total. The van der Waals surface area contributed by atoms with Gasteiger partial charge in [0.25, 0.3) is 0 Å². The molecule has 0 aliphatic rings. The van der Waals surface area contributed by atoms with Gasteiger partial charge in [0.2, 0.25) is 5.91 Å². The van der Waals surface area contributed by atoms with Crippen LogP contribution in [-0.2, 0) is 9.53 Å². The summed E-state index contributed by atoms with van der Waals surface area (Å²) >= 11 is 0. The van der Waals surface area contributed by atoms with Crippen LogP contribution in [0.5, 0.6) is 0 Å². The topological polar surface area (TPSA) is 81.4 Å². The van der Waals surface area contributed by atoms with Gasteiger partial charge in [-0.15, -0.1) is 0 Å². The smallest absolute Gasteiger partial charge is 0.337 e. The largest absolute Gasteiger partial charge is 0.465 e. The van der Waals surface area contributed by atoms with Crippen LogP contribution in [0.4, 0.5) is 5.69 Å². The summed E-state index contributed by atoms with van der Waals surface area (Å²) in [6.45, 7) is 4.31. The number of nitrogens with two attached hydrogens (primary N) is 1. The molecular formula is C15H22N2O3. The van der Waals surface area contributed by atoms with Crippen LogP contribution in [0.25, 0.3) is 0 Å². The Labute approximate surface area is 119 Å². The van der Waals surface area contributed by atoms with Crippen LogP contribution in [0.3, 0.4) is 0 Å². The standard InChI is InChI=1S/C15H22N2O3/c1-10(5-4-8-16)14(18)17-13-7-6-12(9-11(13)2)15(19)20-3/h6-7,9-10H,4-5,8,16H2,1-3H3,(H,17,18). The number of methoxy groups -OCH3 is 1. The third-order valence-electron chi connectivity index (χ3n) is 3.19. The first kappa shape index (κ1) is 16.2. The van der Waals surface area contributed by atoms with Crippen molar-refractivity contribution in [3.8, 4) is 0 Å². The lowest BCUT2D eigenvalue weighted by Crippen LogP contribution is -2.21. The van der Waals surface area contributed by atoms with Crippen LogP contribution in [-0.4, -0.2) is 25.5 Å². The maximum absolute atomic E-state index is 12.0. The number of hydrogen-bond donors (Lipinski definition) is 2. The predicted molar refractivity (Wildman–Crippen MR) is 78.6 cm³/mol. The van der Waals surface area contributed by atoms with Gasteiger partial charge < -0.3 is 15.8 Å². The van der Waals surface area contributed by atoms with Crippen molar-refractivity contribution in [1.29, 1.82) is 0 Å². The van der Waals surface area contributed by atoms with Crippen molar-refractivity contribution in [2.45, 2.75) is 26.7 Å². The molecule has 0 aromatic heterocycles. The van der Waals surface area contributed by atoms with E-state index in [9.17, 15) is 9.59 Å². The van der Waals surface area contributed by atoms with Crippen LogP contribution in [0.15, 0.2) is 18.2 Å². The molecular weight excluding hydrogens is 256 g/mol. The Morgan fingerprint density at radius 1 is 1.40 bits per heavy atom. The Balaban J connectivity index is 2.73. The van der Waals surface area contributed by atoms with Gasteiger partial charge in [-0.1, -0.05) is 6.92 Å². The molecule has 0 saturated carbocycles. The number of benzene rings is 1. The lowest BCUT2D eigenvalue weighted by Gasteiger charge is -2.14. The Morgan fingerprint density at radius 2 is 2.10 bits per heavy atom. The van der Waals surface area contributed by atoms with Crippen molar-refractivity contribution in [3.05, 3.63) is 29.3 Å². The zero-order valence-electron chi connectivity index (χ0n) is 12.2. The highest BCUT2D eigenvalue weighted by molar-refractivity contribution is 5.95. The number of amides is 1. The minimum absolute atomic E-state index is 0.0348. The Kier molecular flexibility index (Phi) is 6.18. The van der Waals surface area contributed by atoms with E-state index >= 15 is 0 Å². The number of anilines is 1. The number of ether oxygens (including phenoxy) is 1. The number of esters is 1. The third kappa shape index (κ3) is 4.35. The molecule has 5 heteroatoms. The summed E-state index contributed by atoms with van der Waals surface area (Å²) in [4.78, 5) is 23.4. The van der Waals surface area contributed by atoms with E-state index in [0.29, 0.717) is 17.8 Å². The normalized spacial score (nSPS) is 11.8. The Hall–Kier alpha value is -1.88. The second-order valence-corrected chi connectivity index (χ2v) is 4.84. The maximum atomic E-state index is 12.0. The molecule has 0 bridgehead atoms. The summed E-state index contributed by atoms with van der Waals surface area (Å²) in [5, 5.41) is 2.87. The zero-order chi connectivity index (χ0) is 15.1. The fourth-order valence-electron chi connectivity index (χ4n) is 1.86. The molecule has 1 amide bonds. The summed E-state index contributed by atoms with van der Waals surface area (Å²) in [6, 6.07) is 5.06. The zero-order valence-corrected chi connectivity index (χ0v) is 12.2. The van der Waals surface area contributed by atoms with E-state index in [0.717, 1.165) is 18.4 Å². The molecule has 0 radical (unpaired) electrons. The predicted octanol–water partition coefficient (Wildman–Crippen LogP) is 2.10. The molecule has 1 unspecified atom stereocenters. The first-order valence-electron chi connectivity index (χ1n) is 6.69. The molecule has 0 spiro atoms. The monoisotopic (exact) mass is 278 g/mol. The highest BCUT2D eigenvalue weighted by atomic mass is 16.5. The molecule has 110 valence electrons. The van der Waals surface area contributed by atoms with E-state index in [-0.39, 0.29) is 17.8 Å². The average molecular weight is 278 g/mol. The summed E-state index contributed by atoms with van der Waals surface area (Å²) in [6.07, 6.45) is 1.59. The molecule has 1 aromatic carbocycles. The van der Waals surface area contributed by atoms with Gasteiger partial charge in [0, 0.05) is 11.6 Å². The van der Waals surface area contributed by atoms with Crippen molar-refractivity contribution >= 4 is 17.6 Å². The molecule has 1 atom stereocenters. The van der Waals surface area contributed by atoms with E-state index in [1.54, 1.807) is 18.2 Å². The van der Waals surface area contributed by atoms with Crippen LogP contribution in [0, 0.1) is 12.8 Å².